The van der Waals surface area contributed by atoms with E-state index in [4.69, 9.17) is 4.42 Å². The zero-order chi connectivity index (χ0) is 15.2. The molecule has 2 aromatic rings. The number of carbonyl (C=O) groups excluding carboxylic acids is 1. The summed E-state index contributed by atoms with van der Waals surface area (Å²) in [5, 5.41) is 10.6. The molecule has 1 heterocycles. The van der Waals surface area contributed by atoms with Crippen LogP contribution < -0.4 is 5.32 Å². The van der Waals surface area contributed by atoms with Crippen LogP contribution in [0.5, 0.6) is 0 Å². The molecule has 1 N–H and O–H groups in total. The first kappa shape index (κ1) is 15.5. The van der Waals surface area contributed by atoms with E-state index in [2.05, 4.69) is 15.5 Å². The second-order valence-electron chi connectivity index (χ2n) is 4.84. The molecule has 5 nitrogen and oxygen atoms in total. The van der Waals surface area contributed by atoms with E-state index in [1.54, 1.807) is 18.2 Å². The average molecular weight is 309 g/mol. The first-order valence-electron chi connectivity index (χ1n) is 6.54. The fourth-order valence-corrected chi connectivity index (χ4v) is 2.10. The Morgan fingerprint density at radius 1 is 1.38 bits per heavy atom. The van der Waals surface area contributed by atoms with Crippen molar-refractivity contribution in [3.63, 3.8) is 0 Å². The van der Waals surface area contributed by atoms with Gasteiger partial charge in [-0.2, -0.15) is 0 Å². The molecule has 0 spiro atoms. The summed E-state index contributed by atoms with van der Waals surface area (Å²) < 4.78 is 18.9. The van der Waals surface area contributed by atoms with Gasteiger partial charge in [0, 0.05) is 6.54 Å². The number of thioether (sulfide) groups is 1. The maximum Gasteiger partial charge on any atom is 0.277 e. The fraction of sp³-hybridized carbons (Fsp3) is 0.357. The van der Waals surface area contributed by atoms with Gasteiger partial charge in [-0.1, -0.05) is 37.7 Å². The van der Waals surface area contributed by atoms with Crippen LogP contribution in [0.15, 0.2) is 33.9 Å². The summed E-state index contributed by atoms with van der Waals surface area (Å²) >= 11 is 1.13. The van der Waals surface area contributed by atoms with Gasteiger partial charge >= 0.3 is 0 Å². The highest BCUT2D eigenvalue weighted by atomic mass is 32.2. The molecular formula is C14H16FN3O2S. The van der Waals surface area contributed by atoms with Gasteiger partial charge in [-0.15, -0.1) is 10.2 Å². The molecule has 0 saturated carbocycles. The molecule has 1 aromatic heterocycles. The molecule has 7 heteroatoms. The molecule has 0 unspecified atom stereocenters. The van der Waals surface area contributed by atoms with Crippen LogP contribution in [-0.4, -0.2) is 28.4 Å². The van der Waals surface area contributed by atoms with Gasteiger partial charge in [-0.25, -0.2) is 4.39 Å². The lowest BCUT2D eigenvalue weighted by Crippen LogP contribution is -2.28. The molecule has 112 valence electrons. The minimum atomic E-state index is -0.424. The number of nitrogens with zero attached hydrogens (tertiary/aromatic N) is 2. The number of halogens is 1. The number of hydrogen-bond donors (Lipinski definition) is 1. The lowest BCUT2D eigenvalue weighted by molar-refractivity contribution is -0.118. The zero-order valence-corrected chi connectivity index (χ0v) is 12.6. The van der Waals surface area contributed by atoms with Crippen molar-refractivity contribution < 1.29 is 13.6 Å². The van der Waals surface area contributed by atoms with Crippen LogP contribution in [-0.2, 0) is 4.79 Å². The van der Waals surface area contributed by atoms with E-state index >= 15 is 0 Å². The van der Waals surface area contributed by atoms with E-state index in [-0.39, 0.29) is 28.3 Å². The molecule has 0 atom stereocenters. The van der Waals surface area contributed by atoms with E-state index in [0.717, 1.165) is 11.8 Å². The zero-order valence-electron chi connectivity index (χ0n) is 11.8. The molecule has 0 aliphatic rings. The van der Waals surface area contributed by atoms with Gasteiger partial charge in [-0.05, 0) is 18.1 Å². The Balaban J connectivity index is 1.92. The van der Waals surface area contributed by atoms with Gasteiger partial charge in [0.25, 0.3) is 11.1 Å². The van der Waals surface area contributed by atoms with Crippen molar-refractivity contribution in [3.05, 3.63) is 30.1 Å². The highest BCUT2D eigenvalue weighted by molar-refractivity contribution is 7.99. The van der Waals surface area contributed by atoms with Crippen LogP contribution in [0.3, 0.4) is 0 Å². The van der Waals surface area contributed by atoms with Crippen LogP contribution in [0.2, 0.25) is 0 Å². The Labute approximate surface area is 126 Å². The molecule has 1 amide bonds. The van der Waals surface area contributed by atoms with Crippen molar-refractivity contribution in [2.45, 2.75) is 19.1 Å². The highest BCUT2D eigenvalue weighted by Gasteiger charge is 2.13. The molecule has 1 aromatic carbocycles. The van der Waals surface area contributed by atoms with E-state index in [1.165, 1.54) is 6.07 Å². The largest absolute Gasteiger partial charge is 0.411 e. The molecule has 0 aliphatic heterocycles. The summed E-state index contributed by atoms with van der Waals surface area (Å²) in [5.74, 6) is 0.172. The average Bonchev–Trinajstić information content (AvgIpc) is 2.92. The normalized spacial score (nSPS) is 10.9. The van der Waals surface area contributed by atoms with E-state index in [1.807, 2.05) is 13.8 Å². The quantitative estimate of drug-likeness (QED) is 0.831. The SMILES string of the molecule is CC(C)CNC(=O)CSc1nnc(-c2ccccc2F)o1. The Morgan fingerprint density at radius 2 is 2.14 bits per heavy atom. The van der Waals surface area contributed by atoms with Crippen LogP contribution in [0.1, 0.15) is 13.8 Å². The summed E-state index contributed by atoms with van der Waals surface area (Å²) in [7, 11) is 0. The van der Waals surface area contributed by atoms with E-state index in [0.29, 0.717) is 12.5 Å². The van der Waals surface area contributed by atoms with Crippen LogP contribution in [0, 0.1) is 11.7 Å². The number of carbonyl (C=O) groups is 1. The summed E-state index contributed by atoms with van der Waals surface area (Å²) in [6.07, 6.45) is 0. The lowest BCUT2D eigenvalue weighted by atomic mass is 10.2. The summed E-state index contributed by atoms with van der Waals surface area (Å²) in [4.78, 5) is 11.6. The first-order chi connectivity index (χ1) is 10.1. The minimum Gasteiger partial charge on any atom is -0.411 e. The second-order valence-corrected chi connectivity index (χ2v) is 5.77. The standard InChI is InChI=1S/C14H16FN3O2S/c1-9(2)7-16-12(19)8-21-14-18-17-13(20-14)10-5-3-4-6-11(10)15/h3-6,9H,7-8H2,1-2H3,(H,16,19). The van der Waals surface area contributed by atoms with Crippen LogP contribution >= 0.6 is 11.8 Å². The number of nitrogens with one attached hydrogen (secondary N) is 1. The lowest BCUT2D eigenvalue weighted by Gasteiger charge is -2.05. The van der Waals surface area contributed by atoms with Crippen molar-refractivity contribution in [2.75, 3.05) is 12.3 Å². The molecule has 0 aliphatic carbocycles. The van der Waals surface area contributed by atoms with Gasteiger partial charge < -0.3 is 9.73 Å². The summed E-state index contributed by atoms with van der Waals surface area (Å²) in [5.41, 5.74) is 0.251. The maximum atomic E-state index is 13.6. The Morgan fingerprint density at radius 3 is 2.86 bits per heavy atom. The summed E-state index contributed by atoms with van der Waals surface area (Å²) in [6, 6.07) is 6.16. The Hall–Kier alpha value is -1.89. The molecule has 21 heavy (non-hydrogen) atoms. The molecule has 2 rings (SSSR count). The molecular weight excluding hydrogens is 293 g/mol. The number of hydrogen-bond acceptors (Lipinski definition) is 5. The third-order valence-electron chi connectivity index (χ3n) is 2.54. The second kappa shape index (κ2) is 7.21. The van der Waals surface area contributed by atoms with Gasteiger partial charge in [0.1, 0.15) is 5.82 Å². The van der Waals surface area contributed by atoms with Crippen molar-refractivity contribution in [3.8, 4) is 11.5 Å². The third kappa shape index (κ3) is 4.56. The fourth-order valence-electron chi connectivity index (χ4n) is 1.51. The smallest absolute Gasteiger partial charge is 0.277 e. The van der Waals surface area contributed by atoms with Gasteiger partial charge in [0.2, 0.25) is 5.91 Å². The monoisotopic (exact) mass is 309 g/mol. The van der Waals surface area contributed by atoms with Gasteiger partial charge in [-0.3, -0.25) is 4.79 Å². The van der Waals surface area contributed by atoms with Crippen LogP contribution in [0.4, 0.5) is 4.39 Å². The Bertz CT molecular complexity index is 616. The van der Waals surface area contributed by atoms with Crippen molar-refractivity contribution in [2.24, 2.45) is 5.92 Å². The van der Waals surface area contributed by atoms with E-state index in [9.17, 15) is 9.18 Å². The molecule has 0 fully saturated rings. The summed E-state index contributed by atoms with van der Waals surface area (Å²) in [6.45, 7) is 4.67. The topological polar surface area (TPSA) is 68.0 Å². The first-order valence-corrected chi connectivity index (χ1v) is 7.52. The molecule has 0 saturated heterocycles. The van der Waals surface area contributed by atoms with Crippen molar-refractivity contribution in [1.82, 2.24) is 15.5 Å². The van der Waals surface area contributed by atoms with Gasteiger partial charge in [0.15, 0.2) is 0 Å². The predicted molar refractivity (Wildman–Crippen MR) is 78.3 cm³/mol. The van der Waals surface area contributed by atoms with Crippen LogP contribution in [0.25, 0.3) is 11.5 Å². The number of aromatic nitrogens is 2. The van der Waals surface area contributed by atoms with Gasteiger partial charge in [0.05, 0.1) is 11.3 Å². The van der Waals surface area contributed by atoms with E-state index < -0.39 is 5.82 Å². The minimum absolute atomic E-state index is 0.0978. The van der Waals surface area contributed by atoms with Crippen molar-refractivity contribution >= 4 is 17.7 Å². The molecule has 0 bridgehead atoms. The number of amides is 1. The third-order valence-corrected chi connectivity index (χ3v) is 3.36. The number of rotatable bonds is 6. The maximum absolute atomic E-state index is 13.6. The molecule has 0 radical (unpaired) electrons. The van der Waals surface area contributed by atoms with Crippen molar-refractivity contribution in [1.29, 1.82) is 0 Å². The highest BCUT2D eigenvalue weighted by Crippen LogP contribution is 2.24. The Kier molecular flexibility index (Phi) is 5.32. The predicted octanol–water partition coefficient (Wildman–Crippen LogP) is 2.74. The number of benzene rings is 1.